The van der Waals surface area contributed by atoms with Crippen molar-refractivity contribution in [2.45, 2.75) is 31.5 Å². The van der Waals surface area contributed by atoms with Crippen LogP contribution >= 0.6 is 36.7 Å². The van der Waals surface area contributed by atoms with Gasteiger partial charge in [-0.15, -0.1) is 0 Å². The van der Waals surface area contributed by atoms with E-state index in [9.17, 15) is 9.59 Å². The van der Waals surface area contributed by atoms with Gasteiger partial charge in [-0.05, 0) is 31.0 Å². The standard InChI is InChI=1S/C15H14BrIO5/c1-20-11-8-9(16)4-5-10(11)17-12-13(18)21-15(22-14(12)19)6-2-3-7-15/h4-5,8H,2-3,6-7H2,1H3. The maximum absolute atomic E-state index is 12.3. The second kappa shape index (κ2) is 6.27. The SMILES string of the molecule is COc1cc(Br)ccc1I=C1C(=O)OC2(CCCC2)OC1=O. The van der Waals surface area contributed by atoms with Crippen LogP contribution in [0.1, 0.15) is 25.7 Å². The third-order valence-electron chi connectivity index (χ3n) is 3.59. The number of carbonyl (C=O) groups is 2. The van der Waals surface area contributed by atoms with E-state index in [-0.39, 0.29) is 3.51 Å². The molecule has 0 radical (unpaired) electrons. The molecule has 1 aliphatic heterocycles. The molecule has 1 spiro atoms. The Morgan fingerprint density at radius 1 is 1.18 bits per heavy atom. The van der Waals surface area contributed by atoms with Gasteiger partial charge in [-0.25, -0.2) is 9.59 Å². The minimum absolute atomic E-state index is 0.122. The molecule has 1 aromatic carbocycles. The summed E-state index contributed by atoms with van der Waals surface area (Å²) in [6.07, 6.45) is 3.01. The summed E-state index contributed by atoms with van der Waals surface area (Å²) in [6.45, 7) is 0. The predicted molar refractivity (Wildman–Crippen MR) is 91.8 cm³/mol. The van der Waals surface area contributed by atoms with Gasteiger partial charge in [0.25, 0.3) is 5.79 Å². The molecule has 0 atom stereocenters. The lowest BCUT2D eigenvalue weighted by Gasteiger charge is -2.32. The van der Waals surface area contributed by atoms with E-state index < -0.39 is 38.5 Å². The number of hydrogen-bond acceptors (Lipinski definition) is 5. The maximum atomic E-state index is 12.3. The predicted octanol–water partition coefficient (Wildman–Crippen LogP) is 3.14. The van der Waals surface area contributed by atoms with E-state index in [0.717, 1.165) is 20.9 Å². The number of hydrogen-bond donors (Lipinski definition) is 0. The molecule has 0 amide bonds. The first-order valence-corrected chi connectivity index (χ1v) is 9.80. The molecule has 1 heterocycles. The molecule has 5 nitrogen and oxygen atoms in total. The van der Waals surface area contributed by atoms with E-state index in [4.69, 9.17) is 14.2 Å². The quantitative estimate of drug-likeness (QED) is 0.480. The fourth-order valence-corrected chi connectivity index (χ4v) is 5.12. The minimum Gasteiger partial charge on any atom is -0.496 e. The topological polar surface area (TPSA) is 61.8 Å². The summed E-state index contributed by atoms with van der Waals surface area (Å²) in [4.78, 5) is 24.5. The summed E-state index contributed by atoms with van der Waals surface area (Å²) in [5, 5.41) is 0. The van der Waals surface area contributed by atoms with Crippen LogP contribution in [0.15, 0.2) is 22.7 Å². The van der Waals surface area contributed by atoms with Gasteiger partial charge in [0.15, 0.2) is 3.51 Å². The fraction of sp³-hybridized carbons (Fsp3) is 0.400. The molecular formula is C15H14BrIO5. The Morgan fingerprint density at radius 3 is 2.41 bits per heavy atom. The number of benzene rings is 1. The number of esters is 2. The van der Waals surface area contributed by atoms with Gasteiger partial charge < -0.3 is 14.2 Å². The van der Waals surface area contributed by atoms with Crippen LogP contribution in [0.2, 0.25) is 0 Å². The zero-order valence-electron chi connectivity index (χ0n) is 11.9. The molecule has 0 unspecified atom stereocenters. The Balaban J connectivity index is 1.92. The van der Waals surface area contributed by atoms with Gasteiger partial charge >= 0.3 is 11.9 Å². The van der Waals surface area contributed by atoms with Crippen LogP contribution in [-0.4, -0.2) is 28.3 Å². The monoisotopic (exact) mass is 480 g/mol. The highest BCUT2D eigenvalue weighted by molar-refractivity contribution is 14.2. The summed E-state index contributed by atoms with van der Waals surface area (Å²) >= 11 is 2.34. The molecular weight excluding hydrogens is 467 g/mol. The van der Waals surface area contributed by atoms with E-state index in [1.807, 2.05) is 18.2 Å². The first-order chi connectivity index (χ1) is 10.5. The zero-order valence-corrected chi connectivity index (χ0v) is 15.6. The number of carbonyl (C=O) groups excluding carboxylic acids is 2. The van der Waals surface area contributed by atoms with Gasteiger partial charge in [0.05, 0.1) is 10.7 Å². The number of ether oxygens (including phenoxy) is 3. The molecule has 2 fully saturated rings. The van der Waals surface area contributed by atoms with Crippen molar-refractivity contribution in [2.75, 3.05) is 7.11 Å². The molecule has 1 saturated carbocycles. The Bertz CT molecular complexity index is 642. The van der Waals surface area contributed by atoms with Crippen LogP contribution in [-0.2, 0) is 19.1 Å². The first kappa shape index (κ1) is 15.9. The Kier molecular flexibility index (Phi) is 4.54. The number of methoxy groups -OCH3 is 1. The largest absolute Gasteiger partial charge is 0.496 e. The molecule has 118 valence electrons. The molecule has 1 saturated heterocycles. The van der Waals surface area contributed by atoms with Gasteiger partial charge in [-0.1, -0.05) is 36.7 Å². The van der Waals surface area contributed by atoms with Gasteiger partial charge in [-0.2, -0.15) is 0 Å². The van der Waals surface area contributed by atoms with E-state index >= 15 is 0 Å². The first-order valence-electron chi connectivity index (χ1n) is 6.85. The summed E-state index contributed by atoms with van der Waals surface area (Å²) in [7, 11) is 1.56. The van der Waals surface area contributed by atoms with Crippen molar-refractivity contribution in [1.82, 2.24) is 0 Å². The molecule has 0 aromatic heterocycles. The third-order valence-corrected chi connectivity index (χ3v) is 6.98. The lowest BCUT2D eigenvalue weighted by molar-refractivity contribution is -0.224. The van der Waals surface area contributed by atoms with E-state index in [1.54, 1.807) is 7.11 Å². The highest BCUT2D eigenvalue weighted by Crippen LogP contribution is 2.38. The highest BCUT2D eigenvalue weighted by atomic mass is 127. The lowest BCUT2D eigenvalue weighted by atomic mass is 10.2. The van der Waals surface area contributed by atoms with E-state index in [1.165, 1.54) is 0 Å². The Labute approximate surface area is 146 Å². The lowest BCUT2D eigenvalue weighted by Crippen LogP contribution is -2.48. The summed E-state index contributed by atoms with van der Waals surface area (Å²) in [5.41, 5.74) is 0. The van der Waals surface area contributed by atoms with Crippen LogP contribution in [0.3, 0.4) is 0 Å². The van der Waals surface area contributed by atoms with Crippen molar-refractivity contribution in [1.29, 1.82) is 0 Å². The maximum Gasteiger partial charge on any atom is 0.354 e. The van der Waals surface area contributed by atoms with Crippen molar-refractivity contribution >= 4 is 52.1 Å². The fourth-order valence-electron chi connectivity index (χ4n) is 2.54. The van der Waals surface area contributed by atoms with Gasteiger partial charge in [0.2, 0.25) is 0 Å². The Morgan fingerprint density at radius 2 is 1.82 bits per heavy atom. The molecule has 7 heteroatoms. The average Bonchev–Trinajstić information content (AvgIpc) is 2.91. The van der Waals surface area contributed by atoms with Crippen LogP contribution in [0.5, 0.6) is 5.75 Å². The highest BCUT2D eigenvalue weighted by Gasteiger charge is 2.48. The minimum atomic E-state index is -1.03. The van der Waals surface area contributed by atoms with Gasteiger partial charge in [-0.3, -0.25) is 0 Å². The Hall–Kier alpha value is -0.960. The van der Waals surface area contributed by atoms with Crippen LogP contribution in [0.4, 0.5) is 0 Å². The van der Waals surface area contributed by atoms with Crippen molar-refractivity contribution in [2.24, 2.45) is 0 Å². The zero-order chi connectivity index (χ0) is 15.7. The van der Waals surface area contributed by atoms with Crippen LogP contribution in [0.25, 0.3) is 0 Å². The molecule has 1 aromatic rings. The van der Waals surface area contributed by atoms with E-state index in [0.29, 0.717) is 18.6 Å². The number of halogens is 2. The van der Waals surface area contributed by atoms with E-state index in [2.05, 4.69) is 15.9 Å². The normalized spacial score (nSPS) is 20.0. The molecule has 22 heavy (non-hydrogen) atoms. The molecule has 0 N–H and O–H groups in total. The van der Waals surface area contributed by atoms with Crippen LogP contribution < -0.4 is 4.74 Å². The second-order valence-electron chi connectivity index (χ2n) is 5.08. The average molecular weight is 481 g/mol. The van der Waals surface area contributed by atoms with Gasteiger partial charge in [0.1, 0.15) is 5.75 Å². The summed E-state index contributed by atoms with van der Waals surface area (Å²) < 4.78 is 18.0. The number of rotatable bonds is 2. The van der Waals surface area contributed by atoms with Gasteiger partial charge in [0, 0.05) is 17.3 Å². The summed E-state index contributed by atoms with van der Waals surface area (Å²) in [6, 6.07) is 5.52. The molecule has 2 aliphatic rings. The van der Waals surface area contributed by atoms with Crippen molar-refractivity contribution in [3.63, 3.8) is 0 Å². The second-order valence-corrected chi connectivity index (χ2v) is 8.78. The van der Waals surface area contributed by atoms with Crippen LogP contribution in [0, 0.1) is 3.57 Å². The third kappa shape index (κ3) is 3.05. The molecule has 0 bridgehead atoms. The van der Waals surface area contributed by atoms with Crippen molar-refractivity contribution in [3.8, 4) is 5.75 Å². The molecule has 3 rings (SSSR count). The van der Waals surface area contributed by atoms with Crippen molar-refractivity contribution < 1.29 is 23.8 Å². The smallest absolute Gasteiger partial charge is 0.354 e. The summed E-state index contributed by atoms with van der Waals surface area (Å²) in [5.74, 6) is -1.42. The molecule has 1 aliphatic carbocycles. The van der Waals surface area contributed by atoms with Crippen molar-refractivity contribution in [3.05, 3.63) is 26.2 Å².